The Morgan fingerprint density at radius 2 is 2.06 bits per heavy atom. The maximum absolute atomic E-state index is 14.0. The molecule has 6 unspecified atom stereocenters. The second-order valence-corrected chi connectivity index (χ2v) is 9.51. The molecule has 0 radical (unpaired) electrons. The van der Waals surface area contributed by atoms with Gasteiger partial charge in [-0.3, -0.25) is 9.59 Å². The largest absolute Gasteiger partial charge is 0.468 e. The van der Waals surface area contributed by atoms with Crippen molar-refractivity contribution in [1.82, 2.24) is 4.90 Å². The number of carbonyl (C=O) groups excluding carboxylic acids is 2. The summed E-state index contributed by atoms with van der Waals surface area (Å²) in [5.41, 5.74) is -0.764. The fraction of sp³-hybridized carbons (Fsp3) is 0.583. The highest BCUT2D eigenvalue weighted by Gasteiger charge is 2.92. The summed E-state index contributed by atoms with van der Waals surface area (Å²) in [6.07, 6.45) is 2.93. The summed E-state index contributed by atoms with van der Waals surface area (Å²) < 4.78 is 24.4. The third-order valence-electron chi connectivity index (χ3n) is 8.85. The Labute approximate surface area is 186 Å². The van der Waals surface area contributed by atoms with Crippen LogP contribution < -0.4 is 5.32 Å². The minimum atomic E-state index is -1.17. The zero-order chi connectivity index (χ0) is 22.5. The van der Waals surface area contributed by atoms with Gasteiger partial charge in [-0.25, -0.2) is 4.90 Å². The molecule has 0 aromatic heterocycles. The van der Waals surface area contributed by atoms with Crippen molar-refractivity contribution in [2.75, 3.05) is 32.7 Å². The molecule has 8 nitrogen and oxygen atoms in total. The molecule has 6 rings (SSSR count). The van der Waals surface area contributed by atoms with E-state index < -0.39 is 28.2 Å². The molecule has 4 aliphatic heterocycles. The monoisotopic (exact) mass is 440 g/mol. The Morgan fingerprint density at radius 1 is 1.28 bits per heavy atom. The lowest BCUT2D eigenvalue weighted by atomic mass is 9.41. The first-order chi connectivity index (χ1) is 15.4. The number of para-hydroxylation sites is 1. The molecule has 1 aromatic rings. The summed E-state index contributed by atoms with van der Waals surface area (Å²) >= 11 is 0. The number of hydrogen-bond acceptors (Lipinski definition) is 8. The highest BCUT2D eigenvalue weighted by molar-refractivity contribution is 5.86. The normalized spacial score (nSPS) is 43.7. The first-order valence-electron chi connectivity index (χ1n) is 11.1. The molecule has 170 valence electrons. The minimum absolute atomic E-state index is 0.0787. The average molecular weight is 440 g/mol. The van der Waals surface area contributed by atoms with E-state index >= 15 is 0 Å². The van der Waals surface area contributed by atoms with E-state index in [1.165, 1.54) is 14.0 Å². The Hall–Kier alpha value is -2.42. The van der Waals surface area contributed by atoms with Crippen LogP contribution in [0.1, 0.15) is 32.3 Å². The van der Waals surface area contributed by atoms with Crippen molar-refractivity contribution in [3.63, 3.8) is 0 Å². The van der Waals surface area contributed by atoms with E-state index in [2.05, 4.69) is 22.4 Å². The number of fused-ring (bicyclic) bond motifs is 4. The Bertz CT molecular complexity index is 1070. The van der Waals surface area contributed by atoms with E-state index in [9.17, 15) is 9.59 Å². The second-order valence-electron chi connectivity index (χ2n) is 9.51. The third kappa shape index (κ3) is 1.78. The highest BCUT2D eigenvalue weighted by Crippen LogP contribution is 2.79. The molecular formula is C24H28N2O6. The van der Waals surface area contributed by atoms with Gasteiger partial charge in [-0.2, -0.15) is 0 Å². The Kier molecular flexibility index (Phi) is 3.87. The van der Waals surface area contributed by atoms with Gasteiger partial charge in [0.2, 0.25) is 0 Å². The molecule has 4 fully saturated rings. The number of methoxy groups -OCH3 is 2. The number of esters is 2. The third-order valence-corrected chi connectivity index (χ3v) is 8.85. The molecular weight excluding hydrogens is 412 g/mol. The zero-order valence-electron chi connectivity index (χ0n) is 18.8. The standard InChI is InChI=1S/C24H28N2O6/c1-5-15-12-26-19-11-22-16-8-6-7-9-18(16)25-24(22,32-19)23(26,30-4)10-17(15)21(22,20(28)29-3)13-31-14(2)27/h5-9,17,19,25H,10-13H2,1-4H3. The number of anilines is 1. The minimum Gasteiger partial charge on any atom is -0.468 e. The van der Waals surface area contributed by atoms with Crippen LogP contribution in [0.3, 0.4) is 0 Å². The van der Waals surface area contributed by atoms with Crippen LogP contribution in [0.2, 0.25) is 0 Å². The van der Waals surface area contributed by atoms with Gasteiger partial charge in [0.05, 0.1) is 12.5 Å². The number of rotatable bonds is 4. The molecule has 0 amide bonds. The van der Waals surface area contributed by atoms with Crippen LogP contribution in [0.15, 0.2) is 35.9 Å². The number of ether oxygens (including phenoxy) is 4. The number of piperidine rings is 2. The number of hydrogen-bond donors (Lipinski definition) is 1. The zero-order valence-corrected chi connectivity index (χ0v) is 18.8. The SMILES string of the molecule is CC=C1CN2C3CC45c6ccccc6NC4(O3)C2(OC)CC1C5(COC(C)=O)C(=O)OC. The van der Waals surface area contributed by atoms with E-state index in [0.717, 1.165) is 16.8 Å². The number of nitrogens with zero attached hydrogens (tertiary/aromatic N) is 1. The van der Waals surface area contributed by atoms with Crippen LogP contribution in [0, 0.1) is 11.3 Å². The quantitative estimate of drug-likeness (QED) is 0.563. The van der Waals surface area contributed by atoms with Crippen molar-refractivity contribution >= 4 is 17.6 Å². The van der Waals surface area contributed by atoms with E-state index in [1.807, 2.05) is 25.1 Å². The first kappa shape index (κ1) is 20.2. The lowest BCUT2D eigenvalue weighted by molar-refractivity contribution is -0.278. The molecule has 6 atom stereocenters. The van der Waals surface area contributed by atoms with Gasteiger partial charge in [0.25, 0.3) is 0 Å². The molecule has 1 saturated carbocycles. The Morgan fingerprint density at radius 3 is 2.75 bits per heavy atom. The highest BCUT2D eigenvalue weighted by atomic mass is 16.6. The summed E-state index contributed by atoms with van der Waals surface area (Å²) in [7, 11) is 3.13. The van der Waals surface area contributed by atoms with Crippen LogP contribution in [-0.2, 0) is 34.0 Å². The summed E-state index contributed by atoms with van der Waals surface area (Å²) in [5.74, 6) is -1.04. The van der Waals surface area contributed by atoms with Crippen molar-refractivity contribution in [2.45, 2.75) is 49.8 Å². The maximum Gasteiger partial charge on any atom is 0.317 e. The Balaban J connectivity index is 1.73. The maximum atomic E-state index is 14.0. The molecule has 3 saturated heterocycles. The van der Waals surface area contributed by atoms with Crippen molar-refractivity contribution in [3.8, 4) is 0 Å². The molecule has 5 aliphatic rings. The molecule has 8 heteroatoms. The molecule has 1 aromatic carbocycles. The lowest BCUT2D eigenvalue weighted by Gasteiger charge is -2.68. The number of benzene rings is 1. The van der Waals surface area contributed by atoms with Crippen molar-refractivity contribution in [1.29, 1.82) is 0 Å². The molecule has 1 aliphatic carbocycles. The van der Waals surface area contributed by atoms with Gasteiger partial charge in [-0.05, 0) is 18.6 Å². The molecule has 4 heterocycles. The topological polar surface area (TPSA) is 86.3 Å². The van der Waals surface area contributed by atoms with Crippen LogP contribution in [0.5, 0.6) is 0 Å². The number of allylic oxidation sites excluding steroid dienone is 1. The van der Waals surface area contributed by atoms with Gasteiger partial charge < -0.3 is 24.3 Å². The van der Waals surface area contributed by atoms with E-state index in [-0.39, 0.29) is 24.7 Å². The molecule has 32 heavy (non-hydrogen) atoms. The summed E-state index contributed by atoms with van der Waals surface area (Å²) in [6.45, 7) is 3.91. The first-order valence-corrected chi connectivity index (χ1v) is 11.1. The predicted molar refractivity (Wildman–Crippen MR) is 113 cm³/mol. The van der Waals surface area contributed by atoms with E-state index in [0.29, 0.717) is 19.4 Å². The fourth-order valence-electron chi connectivity index (χ4n) is 7.84. The van der Waals surface area contributed by atoms with Gasteiger partial charge in [0, 0.05) is 45.0 Å². The summed E-state index contributed by atoms with van der Waals surface area (Å²) in [4.78, 5) is 28.3. The van der Waals surface area contributed by atoms with Crippen molar-refractivity contribution < 1.29 is 28.5 Å². The smallest absolute Gasteiger partial charge is 0.317 e. The number of nitrogens with one attached hydrogen (secondary N) is 1. The van der Waals surface area contributed by atoms with Crippen molar-refractivity contribution in [3.05, 3.63) is 41.5 Å². The predicted octanol–water partition coefficient (Wildman–Crippen LogP) is 2.15. The van der Waals surface area contributed by atoms with Gasteiger partial charge in [0.1, 0.15) is 18.2 Å². The van der Waals surface area contributed by atoms with Gasteiger partial charge >= 0.3 is 11.9 Å². The van der Waals surface area contributed by atoms with E-state index in [1.54, 1.807) is 7.11 Å². The van der Waals surface area contributed by atoms with Gasteiger partial charge in [-0.1, -0.05) is 29.8 Å². The van der Waals surface area contributed by atoms with Gasteiger partial charge in [-0.15, -0.1) is 0 Å². The molecule has 1 spiro atoms. The van der Waals surface area contributed by atoms with E-state index in [4.69, 9.17) is 18.9 Å². The summed E-state index contributed by atoms with van der Waals surface area (Å²) in [6, 6.07) is 8.01. The lowest BCUT2D eigenvalue weighted by Crippen LogP contribution is -2.84. The van der Waals surface area contributed by atoms with Crippen LogP contribution in [0.4, 0.5) is 5.69 Å². The molecule has 1 N–H and O–H groups in total. The number of carbonyl (C=O) groups is 2. The summed E-state index contributed by atoms with van der Waals surface area (Å²) in [5, 5.41) is 3.67. The van der Waals surface area contributed by atoms with Gasteiger partial charge in [0.15, 0.2) is 11.4 Å². The van der Waals surface area contributed by atoms with Crippen LogP contribution in [0.25, 0.3) is 0 Å². The second kappa shape index (κ2) is 6.12. The van der Waals surface area contributed by atoms with Crippen molar-refractivity contribution in [2.24, 2.45) is 11.3 Å². The fourth-order valence-corrected chi connectivity index (χ4v) is 7.84. The average Bonchev–Trinajstić information content (AvgIpc) is 3.39. The van der Waals surface area contributed by atoms with Crippen LogP contribution >= 0.6 is 0 Å². The molecule has 4 bridgehead atoms. The van der Waals surface area contributed by atoms with Crippen LogP contribution in [-0.4, -0.2) is 61.9 Å².